The zero-order valence-corrected chi connectivity index (χ0v) is 13.1. The molecule has 0 N–H and O–H groups in total. The van der Waals surface area contributed by atoms with Crippen LogP contribution in [-0.4, -0.2) is 12.3 Å². The van der Waals surface area contributed by atoms with Crippen molar-refractivity contribution in [2.75, 3.05) is 11.4 Å². The van der Waals surface area contributed by atoms with E-state index in [0.29, 0.717) is 0 Å². The smallest absolute Gasteiger partial charge is 0.0873 e. The first-order chi connectivity index (χ1) is 11.3. The average molecular weight is 298 g/mol. The van der Waals surface area contributed by atoms with Crippen LogP contribution in [0.25, 0.3) is 0 Å². The van der Waals surface area contributed by atoms with E-state index in [1.54, 1.807) is 0 Å². The van der Waals surface area contributed by atoms with Crippen LogP contribution in [0.5, 0.6) is 0 Å². The normalized spacial score (nSPS) is 13.4. The van der Waals surface area contributed by atoms with Crippen LogP contribution in [-0.2, 0) is 0 Å². The summed E-state index contributed by atoms with van der Waals surface area (Å²) < 4.78 is 0. The monoisotopic (exact) mass is 298 g/mol. The lowest BCUT2D eigenvalue weighted by Crippen LogP contribution is -2.28. The number of para-hydroxylation sites is 1. The first-order valence-corrected chi connectivity index (χ1v) is 7.87. The van der Waals surface area contributed by atoms with Gasteiger partial charge in [-0.3, -0.25) is 0 Å². The third kappa shape index (κ3) is 2.64. The Morgan fingerprint density at radius 1 is 0.826 bits per heavy atom. The van der Waals surface area contributed by atoms with E-state index in [9.17, 15) is 0 Å². The number of aryl methyl sites for hydroxylation is 1. The molecule has 0 fully saturated rings. The molecule has 0 saturated carbocycles. The van der Waals surface area contributed by atoms with Crippen LogP contribution in [0.3, 0.4) is 0 Å². The van der Waals surface area contributed by atoms with Crippen molar-refractivity contribution in [3.8, 4) is 0 Å². The van der Waals surface area contributed by atoms with Crippen molar-refractivity contribution in [2.45, 2.75) is 6.92 Å². The van der Waals surface area contributed by atoms with Gasteiger partial charge in [0.05, 0.1) is 23.6 Å². The summed E-state index contributed by atoms with van der Waals surface area (Å²) in [4.78, 5) is 7.26. The largest absolute Gasteiger partial charge is 0.334 e. The molecule has 3 aromatic carbocycles. The van der Waals surface area contributed by atoms with Gasteiger partial charge in [-0.1, -0.05) is 54.6 Å². The first kappa shape index (κ1) is 13.8. The van der Waals surface area contributed by atoms with Gasteiger partial charge in [0, 0.05) is 5.69 Å². The summed E-state index contributed by atoms with van der Waals surface area (Å²) in [6.07, 6.45) is 0. The quantitative estimate of drug-likeness (QED) is 0.629. The lowest BCUT2D eigenvalue weighted by molar-refractivity contribution is 1.09. The Morgan fingerprint density at radius 3 is 2.26 bits per heavy atom. The van der Waals surface area contributed by atoms with Gasteiger partial charge in [0.1, 0.15) is 0 Å². The Hall–Kier alpha value is -2.87. The van der Waals surface area contributed by atoms with E-state index in [0.717, 1.165) is 17.9 Å². The molecule has 4 rings (SSSR count). The molecule has 0 radical (unpaired) electrons. The number of fused-ring (bicyclic) bond motifs is 1. The highest BCUT2D eigenvalue weighted by Gasteiger charge is 2.21. The van der Waals surface area contributed by atoms with Crippen molar-refractivity contribution in [3.05, 3.63) is 90.0 Å². The van der Waals surface area contributed by atoms with E-state index >= 15 is 0 Å². The van der Waals surface area contributed by atoms with Crippen molar-refractivity contribution in [1.29, 1.82) is 0 Å². The van der Waals surface area contributed by atoms with Crippen molar-refractivity contribution in [1.82, 2.24) is 0 Å². The molecule has 1 heterocycles. The Bertz CT molecular complexity index is 852. The number of hydrogen-bond acceptors (Lipinski definition) is 2. The highest BCUT2D eigenvalue weighted by molar-refractivity contribution is 6.08. The summed E-state index contributed by atoms with van der Waals surface area (Å²) >= 11 is 0. The third-order valence-corrected chi connectivity index (χ3v) is 4.16. The molecule has 1 aliphatic rings. The van der Waals surface area contributed by atoms with Crippen LogP contribution < -0.4 is 4.90 Å². The molecule has 1 aliphatic heterocycles. The van der Waals surface area contributed by atoms with E-state index in [-0.39, 0.29) is 0 Å². The van der Waals surface area contributed by atoms with E-state index in [1.807, 2.05) is 6.07 Å². The summed E-state index contributed by atoms with van der Waals surface area (Å²) in [5.41, 5.74) is 6.92. The summed E-state index contributed by atoms with van der Waals surface area (Å²) in [6, 6.07) is 27.4. The lowest BCUT2D eigenvalue weighted by Gasteiger charge is -2.31. The second-order valence-electron chi connectivity index (χ2n) is 5.84. The fraction of sp³-hybridized carbons (Fsp3) is 0.0952. The van der Waals surface area contributed by atoms with Crippen molar-refractivity contribution in [3.63, 3.8) is 0 Å². The van der Waals surface area contributed by atoms with Gasteiger partial charge in [0.25, 0.3) is 0 Å². The van der Waals surface area contributed by atoms with Gasteiger partial charge in [0.2, 0.25) is 0 Å². The Balaban J connectivity index is 1.86. The highest BCUT2D eigenvalue weighted by Crippen LogP contribution is 2.38. The second-order valence-corrected chi connectivity index (χ2v) is 5.84. The number of hydrogen-bond donors (Lipinski definition) is 0. The molecule has 112 valence electrons. The second kappa shape index (κ2) is 5.73. The molecule has 0 amide bonds. The van der Waals surface area contributed by atoms with Crippen LogP contribution in [0.1, 0.15) is 11.1 Å². The maximum atomic E-state index is 4.93. The van der Waals surface area contributed by atoms with Crippen LogP contribution in [0.15, 0.2) is 83.9 Å². The maximum absolute atomic E-state index is 4.93. The first-order valence-electron chi connectivity index (χ1n) is 7.87. The van der Waals surface area contributed by atoms with Crippen LogP contribution in [0, 0.1) is 6.92 Å². The van der Waals surface area contributed by atoms with Gasteiger partial charge in [-0.2, -0.15) is 0 Å². The molecule has 0 bridgehead atoms. The Labute approximate surface area is 136 Å². The third-order valence-electron chi connectivity index (χ3n) is 4.16. The van der Waals surface area contributed by atoms with Crippen LogP contribution in [0.4, 0.5) is 17.1 Å². The molecule has 0 aromatic heterocycles. The van der Waals surface area contributed by atoms with Gasteiger partial charge in [-0.15, -0.1) is 0 Å². The van der Waals surface area contributed by atoms with Crippen LogP contribution >= 0.6 is 0 Å². The van der Waals surface area contributed by atoms with Crippen molar-refractivity contribution in [2.24, 2.45) is 4.99 Å². The Morgan fingerprint density at radius 2 is 1.52 bits per heavy atom. The number of nitrogens with zero attached hydrogens (tertiary/aromatic N) is 2. The minimum absolute atomic E-state index is 0.782. The molecule has 3 aromatic rings. The molecule has 0 aliphatic carbocycles. The van der Waals surface area contributed by atoms with Crippen LogP contribution in [0.2, 0.25) is 0 Å². The van der Waals surface area contributed by atoms with Crippen molar-refractivity contribution >= 4 is 22.8 Å². The fourth-order valence-corrected chi connectivity index (χ4v) is 2.99. The molecule has 2 heteroatoms. The average Bonchev–Trinajstić information content (AvgIpc) is 2.62. The van der Waals surface area contributed by atoms with Gasteiger partial charge < -0.3 is 4.90 Å². The van der Waals surface area contributed by atoms with Gasteiger partial charge >= 0.3 is 0 Å². The topological polar surface area (TPSA) is 15.6 Å². The van der Waals surface area contributed by atoms with E-state index < -0.39 is 0 Å². The summed E-state index contributed by atoms with van der Waals surface area (Å²) in [7, 11) is 0. The standard InChI is InChI=1S/C21H18N2/c1-16-12-13-21-19(14-16)22-20(17-8-4-2-5-9-17)15-23(21)18-10-6-3-7-11-18/h2-14H,15H2,1H3. The predicted molar refractivity (Wildman–Crippen MR) is 97.3 cm³/mol. The number of rotatable bonds is 2. The molecular weight excluding hydrogens is 280 g/mol. The molecule has 0 spiro atoms. The van der Waals surface area contributed by atoms with Gasteiger partial charge in [-0.25, -0.2) is 4.99 Å². The molecule has 0 atom stereocenters. The number of aliphatic imine (C=N–C) groups is 1. The molecule has 2 nitrogen and oxygen atoms in total. The molecular formula is C21H18N2. The summed E-state index contributed by atoms with van der Waals surface area (Å²) in [5.74, 6) is 0. The summed E-state index contributed by atoms with van der Waals surface area (Å²) in [6.45, 7) is 2.89. The molecule has 0 unspecified atom stereocenters. The zero-order valence-electron chi connectivity index (χ0n) is 13.1. The Kier molecular flexibility index (Phi) is 3.43. The van der Waals surface area contributed by atoms with E-state index in [1.165, 1.54) is 22.5 Å². The van der Waals surface area contributed by atoms with Gasteiger partial charge in [-0.05, 0) is 42.3 Å². The molecule has 23 heavy (non-hydrogen) atoms. The summed E-state index contributed by atoms with van der Waals surface area (Å²) in [5, 5.41) is 0. The molecule has 0 saturated heterocycles. The minimum Gasteiger partial charge on any atom is -0.334 e. The lowest BCUT2D eigenvalue weighted by atomic mass is 10.0. The number of benzene rings is 3. The van der Waals surface area contributed by atoms with E-state index in [2.05, 4.69) is 84.6 Å². The van der Waals surface area contributed by atoms with Crippen molar-refractivity contribution < 1.29 is 0 Å². The fourth-order valence-electron chi connectivity index (χ4n) is 2.99. The SMILES string of the molecule is Cc1ccc2c(c1)N=C(c1ccccc1)CN2c1ccccc1. The highest BCUT2D eigenvalue weighted by atomic mass is 15.2. The predicted octanol–water partition coefficient (Wildman–Crippen LogP) is 5.27. The number of anilines is 2. The zero-order chi connectivity index (χ0) is 15.6. The van der Waals surface area contributed by atoms with Gasteiger partial charge in [0.15, 0.2) is 0 Å². The van der Waals surface area contributed by atoms with E-state index in [4.69, 9.17) is 4.99 Å². The minimum atomic E-state index is 0.782. The maximum Gasteiger partial charge on any atom is 0.0873 e.